The normalized spacial score (nSPS) is 21.7. The Balaban J connectivity index is 1.51. The van der Waals surface area contributed by atoms with Crippen molar-refractivity contribution in [1.29, 1.82) is 0 Å². The van der Waals surface area contributed by atoms with Gasteiger partial charge in [0, 0.05) is 38.3 Å². The quantitative estimate of drug-likeness (QED) is 0.749. The first-order valence-corrected chi connectivity index (χ1v) is 12.7. The summed E-state index contributed by atoms with van der Waals surface area (Å²) < 4.78 is 27.5. The van der Waals surface area contributed by atoms with E-state index in [0.717, 1.165) is 43.8 Å². The molecule has 2 aliphatic rings. The predicted octanol–water partition coefficient (Wildman–Crippen LogP) is 1.69. The van der Waals surface area contributed by atoms with Gasteiger partial charge in [0.05, 0.1) is 11.8 Å². The molecule has 0 aromatic carbocycles. The van der Waals surface area contributed by atoms with Gasteiger partial charge in [-0.15, -0.1) is 0 Å². The number of carbonyl (C=O) groups is 1. The average Bonchev–Trinajstić information content (AvgIpc) is 3.14. The number of sulfonamides is 1. The van der Waals surface area contributed by atoms with E-state index in [1.807, 2.05) is 28.8 Å². The van der Waals surface area contributed by atoms with Gasteiger partial charge in [0.1, 0.15) is 5.82 Å². The summed E-state index contributed by atoms with van der Waals surface area (Å²) in [6, 6.07) is 5.70. The lowest BCUT2D eigenvalue weighted by atomic mass is 9.99. The summed E-state index contributed by atoms with van der Waals surface area (Å²) in [6.07, 6.45) is 8.56. The molecular weight excluding hydrogens is 402 g/mol. The molecule has 4 heterocycles. The maximum absolute atomic E-state index is 12.9. The van der Waals surface area contributed by atoms with Crippen LogP contribution >= 0.6 is 0 Å². The van der Waals surface area contributed by atoms with E-state index >= 15 is 0 Å². The van der Waals surface area contributed by atoms with E-state index in [2.05, 4.69) is 10.2 Å². The Hall–Kier alpha value is -1.97. The molecule has 1 unspecified atom stereocenters. The van der Waals surface area contributed by atoms with Gasteiger partial charge in [0.15, 0.2) is 5.69 Å². The van der Waals surface area contributed by atoms with Crippen LogP contribution in [0, 0.1) is 0 Å². The zero-order valence-corrected chi connectivity index (χ0v) is 18.4. The monoisotopic (exact) mass is 433 g/mol. The Labute approximate surface area is 178 Å². The Morgan fingerprint density at radius 3 is 2.73 bits per heavy atom. The third-order valence-corrected chi connectivity index (χ3v) is 7.44. The molecule has 2 aromatic heterocycles. The molecule has 0 radical (unpaired) electrons. The number of hydrogen-bond acceptors (Lipinski definition) is 5. The molecule has 8 nitrogen and oxygen atoms in total. The maximum Gasteiger partial charge on any atom is 0.272 e. The summed E-state index contributed by atoms with van der Waals surface area (Å²) in [5, 5.41) is 3.02. The highest BCUT2D eigenvalue weighted by Crippen LogP contribution is 2.29. The van der Waals surface area contributed by atoms with Crippen LogP contribution in [0.4, 0.5) is 0 Å². The smallest absolute Gasteiger partial charge is 0.272 e. The number of aromatic nitrogens is 2. The number of nitrogens with zero attached hydrogens (tertiary/aromatic N) is 4. The van der Waals surface area contributed by atoms with Crippen LogP contribution in [0.15, 0.2) is 24.4 Å². The third kappa shape index (κ3) is 4.68. The molecule has 4 rings (SSSR count). The molecule has 2 fully saturated rings. The van der Waals surface area contributed by atoms with Crippen molar-refractivity contribution in [2.45, 2.75) is 38.0 Å². The largest absolute Gasteiger partial charge is 0.349 e. The van der Waals surface area contributed by atoms with Crippen molar-refractivity contribution in [3.05, 3.63) is 35.9 Å². The Bertz CT molecular complexity index is 997. The van der Waals surface area contributed by atoms with Crippen molar-refractivity contribution < 1.29 is 13.2 Å². The highest BCUT2D eigenvalue weighted by molar-refractivity contribution is 7.88. The van der Waals surface area contributed by atoms with Gasteiger partial charge >= 0.3 is 0 Å². The molecule has 0 saturated carbocycles. The van der Waals surface area contributed by atoms with Crippen LogP contribution in [0.1, 0.15) is 54.3 Å². The first-order valence-electron chi connectivity index (χ1n) is 10.9. The molecule has 2 saturated heterocycles. The lowest BCUT2D eigenvalue weighted by molar-refractivity contribution is 0.0943. The number of likely N-dealkylation sites (tertiary alicyclic amines) is 1. The van der Waals surface area contributed by atoms with Crippen LogP contribution in [0.2, 0.25) is 0 Å². The van der Waals surface area contributed by atoms with Gasteiger partial charge in [-0.25, -0.2) is 17.7 Å². The molecule has 0 bridgehead atoms. The molecule has 1 atom stereocenters. The summed E-state index contributed by atoms with van der Waals surface area (Å²) in [5.74, 6) is 0.566. The second-order valence-electron chi connectivity index (χ2n) is 8.39. The molecule has 1 amide bonds. The minimum absolute atomic E-state index is 0.0294. The van der Waals surface area contributed by atoms with Crippen LogP contribution < -0.4 is 5.32 Å². The number of amides is 1. The molecule has 164 valence electrons. The Morgan fingerprint density at radius 2 is 1.97 bits per heavy atom. The van der Waals surface area contributed by atoms with E-state index in [0.29, 0.717) is 25.3 Å². The third-order valence-electron chi connectivity index (χ3n) is 6.17. The maximum atomic E-state index is 12.9. The molecule has 0 aliphatic carbocycles. The van der Waals surface area contributed by atoms with E-state index in [4.69, 9.17) is 4.98 Å². The number of imidazole rings is 1. The van der Waals surface area contributed by atoms with Gasteiger partial charge in [0.25, 0.3) is 5.91 Å². The summed E-state index contributed by atoms with van der Waals surface area (Å²) >= 11 is 0. The highest BCUT2D eigenvalue weighted by atomic mass is 32.2. The zero-order valence-electron chi connectivity index (χ0n) is 17.6. The Morgan fingerprint density at radius 1 is 1.17 bits per heavy atom. The number of fused-ring (bicyclic) bond motifs is 1. The molecule has 2 aliphatic heterocycles. The number of nitrogens with one attached hydrogen (secondary N) is 1. The molecule has 30 heavy (non-hydrogen) atoms. The standard InChI is InChI=1S/C21H31N5O3S/c1-30(28,29)25-13-7-8-17(16-25)20-23-19(18-9-3-6-14-26(18)20)21(27)22-10-15-24-11-4-2-5-12-24/h3,6,9,14,17H,2,4-5,7-8,10-13,15-16H2,1H3,(H,22,27). The fourth-order valence-electron chi connectivity index (χ4n) is 4.57. The second kappa shape index (κ2) is 9.03. The minimum Gasteiger partial charge on any atom is -0.349 e. The van der Waals surface area contributed by atoms with Crippen LogP contribution in [0.25, 0.3) is 5.52 Å². The molecule has 0 spiro atoms. The predicted molar refractivity (Wildman–Crippen MR) is 116 cm³/mol. The summed E-state index contributed by atoms with van der Waals surface area (Å²) in [5.41, 5.74) is 1.18. The van der Waals surface area contributed by atoms with Gasteiger partial charge in [0.2, 0.25) is 10.0 Å². The SMILES string of the molecule is CS(=O)(=O)N1CCCC(c2nc(C(=O)NCCN3CCCCC3)c3ccccn23)C1. The molecule has 2 aromatic rings. The van der Waals surface area contributed by atoms with E-state index in [9.17, 15) is 13.2 Å². The number of carbonyl (C=O) groups excluding carboxylic acids is 1. The van der Waals surface area contributed by atoms with Crippen molar-refractivity contribution in [2.75, 3.05) is 45.5 Å². The van der Waals surface area contributed by atoms with Crippen LogP contribution in [0.5, 0.6) is 0 Å². The van der Waals surface area contributed by atoms with Crippen molar-refractivity contribution in [2.24, 2.45) is 0 Å². The van der Waals surface area contributed by atoms with E-state index in [1.54, 1.807) is 0 Å². The van der Waals surface area contributed by atoms with E-state index in [1.165, 1.54) is 29.8 Å². The van der Waals surface area contributed by atoms with Gasteiger partial charge in [-0.2, -0.15) is 0 Å². The topological polar surface area (TPSA) is 87.0 Å². The fourth-order valence-corrected chi connectivity index (χ4v) is 5.48. The summed E-state index contributed by atoms with van der Waals surface area (Å²) in [6.45, 7) is 4.62. The lowest BCUT2D eigenvalue weighted by Crippen LogP contribution is -2.39. The average molecular weight is 434 g/mol. The van der Waals surface area contributed by atoms with Crippen LogP contribution in [-0.2, 0) is 10.0 Å². The second-order valence-corrected chi connectivity index (χ2v) is 10.4. The fraction of sp³-hybridized carbons (Fsp3) is 0.619. The van der Waals surface area contributed by atoms with Crippen molar-refractivity contribution >= 4 is 21.4 Å². The van der Waals surface area contributed by atoms with E-state index < -0.39 is 10.0 Å². The number of pyridine rings is 1. The molecule has 9 heteroatoms. The molecular formula is C21H31N5O3S. The van der Waals surface area contributed by atoms with Gasteiger partial charge in [-0.3, -0.25) is 4.79 Å². The van der Waals surface area contributed by atoms with E-state index in [-0.39, 0.29) is 11.8 Å². The van der Waals surface area contributed by atoms with Gasteiger partial charge < -0.3 is 14.6 Å². The number of piperidine rings is 2. The highest BCUT2D eigenvalue weighted by Gasteiger charge is 2.30. The Kier molecular flexibility index (Phi) is 6.40. The number of hydrogen-bond donors (Lipinski definition) is 1. The summed E-state index contributed by atoms with van der Waals surface area (Å²) in [7, 11) is -3.24. The van der Waals surface area contributed by atoms with Crippen molar-refractivity contribution in [3.63, 3.8) is 0 Å². The van der Waals surface area contributed by atoms with Crippen LogP contribution in [-0.4, -0.2) is 78.4 Å². The molecule has 1 N–H and O–H groups in total. The van der Waals surface area contributed by atoms with Crippen LogP contribution in [0.3, 0.4) is 0 Å². The first kappa shape index (κ1) is 21.3. The van der Waals surface area contributed by atoms with Crippen molar-refractivity contribution in [1.82, 2.24) is 23.9 Å². The first-order chi connectivity index (χ1) is 14.4. The van der Waals surface area contributed by atoms with Gasteiger partial charge in [-0.1, -0.05) is 12.5 Å². The van der Waals surface area contributed by atoms with Gasteiger partial charge in [-0.05, 0) is 50.9 Å². The number of rotatable bonds is 6. The lowest BCUT2D eigenvalue weighted by Gasteiger charge is -2.30. The minimum atomic E-state index is -3.24. The zero-order chi connectivity index (χ0) is 21.1. The van der Waals surface area contributed by atoms with Crippen molar-refractivity contribution in [3.8, 4) is 0 Å². The summed E-state index contributed by atoms with van der Waals surface area (Å²) in [4.78, 5) is 20.0.